The van der Waals surface area contributed by atoms with Crippen molar-refractivity contribution in [1.29, 1.82) is 0 Å². The molecule has 9 nitrogen and oxygen atoms in total. The molecular weight excluding hydrogens is 394 g/mol. The van der Waals surface area contributed by atoms with Crippen LogP contribution >= 0.6 is 0 Å². The second kappa shape index (κ2) is 7.98. The lowest BCUT2D eigenvalue weighted by Crippen LogP contribution is -2.31. The fraction of sp³-hybridized carbons (Fsp3) is 0.409. The molecule has 0 aromatic carbocycles. The third-order valence-electron chi connectivity index (χ3n) is 5.70. The van der Waals surface area contributed by atoms with Gasteiger partial charge < -0.3 is 9.42 Å². The van der Waals surface area contributed by atoms with E-state index in [1.54, 1.807) is 10.9 Å². The maximum Gasteiger partial charge on any atom is 0.259 e. The van der Waals surface area contributed by atoms with Crippen LogP contribution in [0.25, 0.3) is 22.4 Å². The number of aryl methyl sites for hydroxylation is 4. The van der Waals surface area contributed by atoms with Gasteiger partial charge in [0.1, 0.15) is 0 Å². The van der Waals surface area contributed by atoms with Crippen LogP contribution in [0, 0.1) is 20.8 Å². The van der Waals surface area contributed by atoms with Crippen molar-refractivity contribution in [2.75, 3.05) is 6.54 Å². The van der Waals surface area contributed by atoms with Crippen LogP contribution in [-0.4, -0.2) is 47.1 Å². The van der Waals surface area contributed by atoms with E-state index in [1.165, 1.54) is 0 Å². The zero-order valence-corrected chi connectivity index (χ0v) is 18.8. The smallest absolute Gasteiger partial charge is 0.259 e. The Balaban J connectivity index is 1.78. The van der Waals surface area contributed by atoms with Crippen LogP contribution in [0.1, 0.15) is 46.9 Å². The van der Waals surface area contributed by atoms with Crippen molar-refractivity contribution in [1.82, 2.24) is 34.6 Å². The molecular formula is C22H27N7O2. The molecule has 0 aliphatic carbocycles. The summed E-state index contributed by atoms with van der Waals surface area (Å²) in [6, 6.07) is 1.81. The Hall–Kier alpha value is -3.49. The molecule has 1 amide bonds. The molecule has 4 aromatic rings. The molecule has 0 aliphatic heterocycles. The van der Waals surface area contributed by atoms with Gasteiger partial charge in [0.25, 0.3) is 11.6 Å². The predicted molar refractivity (Wildman–Crippen MR) is 117 cm³/mol. The van der Waals surface area contributed by atoms with Crippen LogP contribution in [0.4, 0.5) is 0 Å². The Kier molecular flexibility index (Phi) is 5.34. The second-order valence-electron chi connectivity index (χ2n) is 7.69. The maximum absolute atomic E-state index is 13.7. The van der Waals surface area contributed by atoms with E-state index in [0.717, 1.165) is 29.1 Å². The summed E-state index contributed by atoms with van der Waals surface area (Å²) in [4.78, 5) is 20.1. The lowest BCUT2D eigenvalue weighted by Gasteiger charge is -2.22. The number of hydrogen-bond acceptors (Lipinski definition) is 6. The summed E-state index contributed by atoms with van der Waals surface area (Å²) < 4.78 is 9.09. The number of rotatable bonds is 6. The zero-order valence-electron chi connectivity index (χ0n) is 18.8. The van der Waals surface area contributed by atoms with Crippen LogP contribution in [0.3, 0.4) is 0 Å². The molecule has 0 N–H and O–H groups in total. The number of pyridine rings is 1. The Labute approximate surface area is 180 Å². The van der Waals surface area contributed by atoms with Crippen LogP contribution in [-0.2, 0) is 20.1 Å². The van der Waals surface area contributed by atoms with Crippen LogP contribution in [0.2, 0.25) is 0 Å². The van der Waals surface area contributed by atoms with Gasteiger partial charge in [-0.2, -0.15) is 10.2 Å². The van der Waals surface area contributed by atoms with Gasteiger partial charge in [-0.15, -0.1) is 0 Å². The average molecular weight is 422 g/mol. The Bertz CT molecular complexity index is 1260. The SMILES string of the molecule is CCN(Cc1c(C)nn(CC)c1C)C(=O)c1cc(-c2cnn(C)c2)nc2onc(C)c12. The Morgan fingerprint density at radius 2 is 1.97 bits per heavy atom. The number of fused-ring (bicyclic) bond motifs is 1. The summed E-state index contributed by atoms with van der Waals surface area (Å²) in [5.74, 6) is -0.0885. The van der Waals surface area contributed by atoms with E-state index >= 15 is 0 Å². The first-order valence-corrected chi connectivity index (χ1v) is 10.4. The number of amides is 1. The number of nitrogens with zero attached hydrogens (tertiary/aromatic N) is 7. The van der Waals surface area contributed by atoms with E-state index in [1.807, 2.05) is 56.6 Å². The summed E-state index contributed by atoms with van der Waals surface area (Å²) in [6.07, 6.45) is 3.57. The Morgan fingerprint density at radius 1 is 1.19 bits per heavy atom. The molecule has 0 saturated carbocycles. The number of carbonyl (C=O) groups excluding carboxylic acids is 1. The summed E-state index contributed by atoms with van der Waals surface area (Å²) in [6.45, 7) is 11.8. The fourth-order valence-electron chi connectivity index (χ4n) is 3.92. The van der Waals surface area contributed by atoms with Gasteiger partial charge >= 0.3 is 0 Å². The van der Waals surface area contributed by atoms with Crippen LogP contribution in [0.15, 0.2) is 23.0 Å². The van der Waals surface area contributed by atoms with Crippen molar-refractivity contribution in [3.63, 3.8) is 0 Å². The first kappa shape index (κ1) is 20.8. The van der Waals surface area contributed by atoms with Gasteiger partial charge in [-0.3, -0.25) is 14.2 Å². The molecule has 0 unspecified atom stereocenters. The molecule has 4 heterocycles. The van der Waals surface area contributed by atoms with Gasteiger partial charge in [-0.05, 0) is 40.7 Å². The molecule has 162 valence electrons. The third-order valence-corrected chi connectivity index (χ3v) is 5.70. The lowest BCUT2D eigenvalue weighted by atomic mass is 10.1. The molecule has 0 spiro atoms. The lowest BCUT2D eigenvalue weighted by molar-refractivity contribution is 0.0754. The highest BCUT2D eigenvalue weighted by Crippen LogP contribution is 2.28. The molecule has 0 atom stereocenters. The average Bonchev–Trinajstić information content (AvgIpc) is 3.43. The Morgan fingerprint density at radius 3 is 2.58 bits per heavy atom. The van der Waals surface area contributed by atoms with E-state index in [2.05, 4.69) is 27.3 Å². The number of aromatic nitrogens is 6. The number of hydrogen-bond donors (Lipinski definition) is 0. The molecule has 4 rings (SSSR count). The summed E-state index contributed by atoms with van der Waals surface area (Å²) in [5.41, 5.74) is 6.08. The molecule has 0 bridgehead atoms. The number of carbonyl (C=O) groups is 1. The van der Waals surface area contributed by atoms with Crippen molar-refractivity contribution in [2.24, 2.45) is 7.05 Å². The standard InChI is InChI=1S/C22H27N7O2/c1-7-28(12-18-13(3)25-29(8-2)15(18)5)22(30)17-9-19(16-10-23-27(6)11-16)24-21-20(17)14(4)26-31-21/h9-11H,7-8,12H2,1-6H3. The summed E-state index contributed by atoms with van der Waals surface area (Å²) in [5, 5.41) is 13.5. The van der Waals surface area contributed by atoms with Crippen molar-refractivity contribution in [3.8, 4) is 11.3 Å². The van der Waals surface area contributed by atoms with Crippen molar-refractivity contribution in [3.05, 3.63) is 46.7 Å². The fourth-order valence-corrected chi connectivity index (χ4v) is 3.92. The van der Waals surface area contributed by atoms with Gasteiger partial charge in [0.2, 0.25) is 0 Å². The summed E-state index contributed by atoms with van der Waals surface area (Å²) >= 11 is 0. The molecule has 4 aromatic heterocycles. The normalized spacial score (nSPS) is 11.4. The minimum absolute atomic E-state index is 0.0885. The molecule has 9 heteroatoms. The molecule has 31 heavy (non-hydrogen) atoms. The zero-order chi connectivity index (χ0) is 22.3. The van der Waals surface area contributed by atoms with Gasteiger partial charge in [-0.1, -0.05) is 5.16 Å². The second-order valence-corrected chi connectivity index (χ2v) is 7.69. The van der Waals surface area contributed by atoms with Crippen molar-refractivity contribution < 1.29 is 9.32 Å². The van der Waals surface area contributed by atoms with Crippen LogP contribution < -0.4 is 0 Å². The molecule has 0 aliphatic rings. The highest BCUT2D eigenvalue weighted by Gasteiger charge is 2.25. The minimum atomic E-state index is -0.0885. The highest BCUT2D eigenvalue weighted by molar-refractivity contribution is 6.07. The quantitative estimate of drug-likeness (QED) is 0.473. The minimum Gasteiger partial charge on any atom is -0.335 e. The van der Waals surface area contributed by atoms with E-state index in [9.17, 15) is 4.79 Å². The van der Waals surface area contributed by atoms with Crippen molar-refractivity contribution in [2.45, 2.75) is 47.7 Å². The van der Waals surface area contributed by atoms with Gasteiger partial charge in [0.15, 0.2) is 0 Å². The van der Waals surface area contributed by atoms with Gasteiger partial charge in [-0.25, -0.2) is 4.98 Å². The van der Waals surface area contributed by atoms with Crippen LogP contribution in [0.5, 0.6) is 0 Å². The van der Waals surface area contributed by atoms with Gasteiger partial charge in [0, 0.05) is 49.7 Å². The first-order chi connectivity index (χ1) is 14.8. The summed E-state index contributed by atoms with van der Waals surface area (Å²) in [7, 11) is 1.84. The monoisotopic (exact) mass is 421 g/mol. The van der Waals surface area contributed by atoms with E-state index in [4.69, 9.17) is 4.52 Å². The predicted octanol–water partition coefficient (Wildman–Crippen LogP) is 3.43. The largest absolute Gasteiger partial charge is 0.335 e. The topological polar surface area (TPSA) is 94.9 Å². The molecule has 0 saturated heterocycles. The van der Waals surface area contributed by atoms with E-state index < -0.39 is 0 Å². The molecule has 0 fully saturated rings. The highest BCUT2D eigenvalue weighted by atomic mass is 16.5. The van der Waals surface area contributed by atoms with Crippen molar-refractivity contribution >= 4 is 17.0 Å². The third kappa shape index (κ3) is 3.60. The van der Waals surface area contributed by atoms with Gasteiger partial charge in [0.05, 0.1) is 34.2 Å². The first-order valence-electron chi connectivity index (χ1n) is 10.4. The maximum atomic E-state index is 13.7. The molecule has 0 radical (unpaired) electrons. The van der Waals surface area contributed by atoms with E-state index in [0.29, 0.717) is 41.1 Å². The van der Waals surface area contributed by atoms with E-state index in [-0.39, 0.29) is 5.91 Å².